The maximum absolute atomic E-state index is 12.5. The number of rotatable bonds is 7. The van der Waals surface area contributed by atoms with E-state index in [1.165, 1.54) is 45.2 Å². The lowest BCUT2D eigenvalue weighted by Gasteiger charge is -2.21. The number of aromatic nitrogens is 2. The molecule has 25 heavy (non-hydrogen) atoms. The van der Waals surface area contributed by atoms with Gasteiger partial charge in [-0.2, -0.15) is 9.82 Å². The smallest absolute Gasteiger partial charge is 0.324 e. The highest BCUT2D eigenvalue weighted by molar-refractivity contribution is 7.89. The van der Waals surface area contributed by atoms with Gasteiger partial charge in [0.1, 0.15) is 22.8 Å². The molecule has 0 bridgehead atoms. The van der Waals surface area contributed by atoms with E-state index in [0.29, 0.717) is 5.75 Å². The number of aliphatic carboxylic acids is 1. The molecule has 10 heteroatoms. The molecule has 2 atom stereocenters. The summed E-state index contributed by atoms with van der Waals surface area (Å²) in [5.41, 5.74) is 0.706. The minimum absolute atomic E-state index is 0.138. The van der Waals surface area contributed by atoms with Gasteiger partial charge in [0, 0.05) is 0 Å². The predicted molar refractivity (Wildman–Crippen MR) is 87.8 cm³/mol. The van der Waals surface area contributed by atoms with Gasteiger partial charge in [0.05, 0.1) is 18.5 Å². The van der Waals surface area contributed by atoms with Crippen molar-refractivity contribution in [2.24, 2.45) is 0 Å². The molecule has 0 saturated carbocycles. The van der Waals surface area contributed by atoms with Gasteiger partial charge in [0.25, 0.3) is 0 Å². The number of aliphatic hydroxyl groups is 1. The number of H-pyrrole nitrogens is 1. The molecule has 0 amide bonds. The maximum Gasteiger partial charge on any atom is 0.324 e. The van der Waals surface area contributed by atoms with E-state index in [4.69, 9.17) is 4.74 Å². The van der Waals surface area contributed by atoms with E-state index < -0.39 is 28.1 Å². The molecule has 2 aromatic rings. The average molecular weight is 369 g/mol. The molecular weight excluding hydrogens is 350 g/mol. The van der Waals surface area contributed by atoms with Crippen LogP contribution in [-0.4, -0.2) is 47.9 Å². The number of aromatic amines is 1. The highest BCUT2D eigenvalue weighted by Gasteiger charge is 2.34. The molecule has 2 unspecified atom stereocenters. The maximum atomic E-state index is 12.5. The Morgan fingerprint density at radius 3 is 2.32 bits per heavy atom. The molecule has 0 aliphatic carbocycles. The quantitative estimate of drug-likeness (QED) is 0.557. The van der Waals surface area contributed by atoms with Crippen LogP contribution in [0, 0.1) is 13.8 Å². The number of hydrogen-bond acceptors (Lipinski definition) is 6. The molecule has 4 N–H and O–H groups in total. The first-order valence-corrected chi connectivity index (χ1v) is 8.74. The molecule has 0 fully saturated rings. The van der Waals surface area contributed by atoms with E-state index in [1.807, 2.05) is 4.72 Å². The molecule has 0 aliphatic heterocycles. The van der Waals surface area contributed by atoms with Gasteiger partial charge < -0.3 is 14.9 Å². The molecular formula is C15H19N3O6S. The number of carboxylic acid groups (broad SMARTS) is 1. The number of ether oxygens (including phenoxy) is 1. The molecule has 0 spiro atoms. The third kappa shape index (κ3) is 3.98. The van der Waals surface area contributed by atoms with Gasteiger partial charge >= 0.3 is 5.97 Å². The number of aryl methyl sites for hydroxylation is 2. The van der Waals surface area contributed by atoms with Crippen molar-refractivity contribution in [3.8, 4) is 5.75 Å². The fourth-order valence-corrected chi connectivity index (χ4v) is 3.97. The van der Waals surface area contributed by atoms with E-state index in [1.54, 1.807) is 0 Å². The van der Waals surface area contributed by atoms with E-state index in [9.17, 15) is 23.4 Å². The lowest BCUT2D eigenvalue weighted by Crippen LogP contribution is -2.45. The number of nitrogens with one attached hydrogen (secondary N) is 2. The minimum atomic E-state index is -4.20. The number of hydrogen-bond donors (Lipinski definition) is 4. The number of benzene rings is 1. The Labute approximate surface area is 144 Å². The Balaban J connectivity index is 2.33. The van der Waals surface area contributed by atoms with Crippen molar-refractivity contribution < 1.29 is 28.2 Å². The van der Waals surface area contributed by atoms with Gasteiger partial charge in [-0.3, -0.25) is 9.89 Å². The monoisotopic (exact) mass is 369 g/mol. The van der Waals surface area contributed by atoms with Crippen LogP contribution in [0.3, 0.4) is 0 Å². The van der Waals surface area contributed by atoms with E-state index in [0.717, 1.165) is 0 Å². The lowest BCUT2D eigenvalue weighted by molar-refractivity contribution is -0.141. The Bertz CT molecular complexity index is 840. The Morgan fingerprint density at radius 2 is 1.88 bits per heavy atom. The topological polar surface area (TPSA) is 142 Å². The molecule has 9 nitrogen and oxygen atoms in total. The fourth-order valence-electron chi connectivity index (χ4n) is 2.41. The summed E-state index contributed by atoms with van der Waals surface area (Å²) in [4.78, 5) is 11.4. The van der Waals surface area contributed by atoms with E-state index in [-0.39, 0.29) is 21.8 Å². The molecule has 136 valence electrons. The number of carbonyl (C=O) groups is 1. The Hall–Kier alpha value is -2.43. The molecule has 2 rings (SSSR count). The molecule has 0 aliphatic rings. The summed E-state index contributed by atoms with van der Waals surface area (Å²) in [6.45, 7) is 2.98. The van der Waals surface area contributed by atoms with Crippen LogP contribution in [0.5, 0.6) is 5.75 Å². The summed E-state index contributed by atoms with van der Waals surface area (Å²) in [7, 11) is -2.73. The van der Waals surface area contributed by atoms with Crippen LogP contribution in [0.25, 0.3) is 0 Å². The second-order valence-corrected chi connectivity index (χ2v) is 7.07. The van der Waals surface area contributed by atoms with Crippen molar-refractivity contribution in [2.45, 2.75) is 30.9 Å². The SMILES string of the molecule is COc1ccc(C(O)C(NS(=O)(=O)c2c(C)n[nH]c2C)C(=O)O)cc1. The highest BCUT2D eigenvalue weighted by atomic mass is 32.2. The zero-order valence-electron chi connectivity index (χ0n) is 13.8. The van der Waals surface area contributed by atoms with E-state index >= 15 is 0 Å². The van der Waals surface area contributed by atoms with Crippen molar-refractivity contribution in [2.75, 3.05) is 7.11 Å². The number of methoxy groups -OCH3 is 1. The average Bonchev–Trinajstić information content (AvgIpc) is 2.91. The van der Waals surface area contributed by atoms with Gasteiger partial charge in [-0.05, 0) is 31.5 Å². The van der Waals surface area contributed by atoms with Crippen molar-refractivity contribution in [3.05, 3.63) is 41.2 Å². The molecule has 1 aromatic heterocycles. The minimum Gasteiger partial charge on any atom is -0.497 e. The number of nitrogens with zero attached hydrogens (tertiary/aromatic N) is 1. The zero-order chi connectivity index (χ0) is 18.8. The van der Waals surface area contributed by atoms with Crippen LogP contribution in [0.4, 0.5) is 0 Å². The lowest BCUT2D eigenvalue weighted by atomic mass is 10.0. The van der Waals surface area contributed by atoms with Crippen molar-refractivity contribution in [1.29, 1.82) is 0 Å². The van der Waals surface area contributed by atoms with Crippen LogP contribution < -0.4 is 9.46 Å². The highest BCUT2D eigenvalue weighted by Crippen LogP contribution is 2.23. The predicted octanol–water partition coefficient (Wildman–Crippen LogP) is 0.500. The Morgan fingerprint density at radius 1 is 1.28 bits per heavy atom. The molecule has 1 aromatic carbocycles. The molecule has 1 heterocycles. The van der Waals surface area contributed by atoms with Crippen LogP contribution in [0.2, 0.25) is 0 Å². The molecule has 0 saturated heterocycles. The number of sulfonamides is 1. The van der Waals surface area contributed by atoms with Gasteiger partial charge in [0.2, 0.25) is 10.0 Å². The first kappa shape index (κ1) is 18.9. The van der Waals surface area contributed by atoms with Crippen molar-refractivity contribution in [3.63, 3.8) is 0 Å². The van der Waals surface area contributed by atoms with E-state index in [2.05, 4.69) is 10.2 Å². The summed E-state index contributed by atoms with van der Waals surface area (Å²) in [6, 6.07) is 4.23. The van der Waals surface area contributed by atoms with Crippen LogP contribution in [0.15, 0.2) is 29.2 Å². The fraction of sp³-hybridized carbons (Fsp3) is 0.333. The summed E-state index contributed by atoms with van der Waals surface area (Å²) < 4.78 is 32.1. The third-order valence-corrected chi connectivity index (χ3v) is 5.35. The summed E-state index contributed by atoms with van der Waals surface area (Å²) in [5, 5.41) is 26.0. The first-order valence-electron chi connectivity index (χ1n) is 7.26. The van der Waals surface area contributed by atoms with Crippen molar-refractivity contribution >= 4 is 16.0 Å². The summed E-state index contributed by atoms with van der Waals surface area (Å²) in [6.07, 6.45) is -1.59. The summed E-state index contributed by atoms with van der Waals surface area (Å²) >= 11 is 0. The first-order chi connectivity index (χ1) is 11.7. The third-order valence-electron chi connectivity index (χ3n) is 3.65. The van der Waals surface area contributed by atoms with Gasteiger partial charge in [-0.15, -0.1) is 0 Å². The van der Waals surface area contributed by atoms with Gasteiger partial charge in [0.15, 0.2) is 0 Å². The second-order valence-electron chi connectivity index (χ2n) is 5.42. The standard InChI is InChI=1S/C15H19N3O6S/c1-8-14(9(2)17-16-8)25(22,23)18-12(15(20)21)13(19)10-4-6-11(24-3)7-5-10/h4-7,12-13,18-19H,1-3H3,(H,16,17)(H,20,21). The Kier molecular flexibility index (Phi) is 5.45. The van der Waals surface area contributed by atoms with Crippen LogP contribution in [0.1, 0.15) is 23.1 Å². The normalized spacial score (nSPS) is 14.1. The van der Waals surface area contributed by atoms with Crippen molar-refractivity contribution in [1.82, 2.24) is 14.9 Å². The molecule has 0 radical (unpaired) electrons. The van der Waals surface area contributed by atoms with Crippen LogP contribution >= 0.6 is 0 Å². The summed E-state index contributed by atoms with van der Waals surface area (Å²) in [5.74, 6) is -0.987. The zero-order valence-corrected chi connectivity index (χ0v) is 14.7. The van der Waals surface area contributed by atoms with Gasteiger partial charge in [-0.25, -0.2) is 8.42 Å². The van der Waals surface area contributed by atoms with Crippen LogP contribution in [-0.2, 0) is 14.8 Å². The van der Waals surface area contributed by atoms with Gasteiger partial charge in [-0.1, -0.05) is 12.1 Å². The largest absolute Gasteiger partial charge is 0.497 e. The number of aliphatic hydroxyl groups excluding tert-OH is 1. The number of carboxylic acids is 1. The second kappa shape index (κ2) is 7.21.